The molecule has 2 rings (SSSR count). The minimum atomic E-state index is -0.494. The highest BCUT2D eigenvalue weighted by Gasteiger charge is 2.30. The van der Waals surface area contributed by atoms with Gasteiger partial charge in [0.25, 0.3) is 11.8 Å². The highest BCUT2D eigenvalue weighted by molar-refractivity contribution is 7.51. The van der Waals surface area contributed by atoms with Gasteiger partial charge in [0.1, 0.15) is 5.75 Å². The number of hydrogen-bond donors (Lipinski definition) is 0. The van der Waals surface area contributed by atoms with Gasteiger partial charge in [0.15, 0.2) is 0 Å². The molecule has 0 bridgehead atoms. The summed E-state index contributed by atoms with van der Waals surface area (Å²) in [7, 11) is 2.93. The molecule has 1 saturated heterocycles. The number of benzene rings is 1. The van der Waals surface area contributed by atoms with Gasteiger partial charge in [0, 0.05) is 33.0 Å². The number of imide groups is 1. The number of rotatable bonds is 14. The standard InChI is InChI=1S/C20H33O4P.C5H5NO4.C2H6/c1-16(12-13-20(3,4)23-15-25(7)22-6)17(2)24-19-10-8-18(9-11-19)14-21-5;7-3-10-6-4(8)1-2-5(6)9;1-2/h8-11,16H,2,12-15H2,1,3-7H3;3H,1-2H2;1-2H3. The number of amides is 2. The van der Waals surface area contributed by atoms with Crippen LogP contribution < -0.4 is 4.74 Å². The lowest BCUT2D eigenvalue weighted by molar-refractivity contribution is -0.188. The van der Waals surface area contributed by atoms with E-state index in [2.05, 4.69) is 38.9 Å². The molecular weight excluding hydrogens is 497 g/mol. The van der Waals surface area contributed by atoms with Crippen LogP contribution in [0.4, 0.5) is 0 Å². The molecule has 210 valence electrons. The van der Waals surface area contributed by atoms with E-state index in [4.69, 9.17) is 18.7 Å². The Bertz CT molecular complexity index is 812. The largest absolute Gasteiger partial charge is 0.462 e. The molecule has 10 heteroatoms. The summed E-state index contributed by atoms with van der Waals surface area (Å²) in [4.78, 5) is 35.0. The molecule has 1 heterocycles. The Morgan fingerprint density at radius 2 is 1.70 bits per heavy atom. The Morgan fingerprint density at radius 1 is 1.14 bits per heavy atom. The van der Waals surface area contributed by atoms with Crippen molar-refractivity contribution in [2.24, 2.45) is 5.92 Å². The molecule has 0 saturated carbocycles. The van der Waals surface area contributed by atoms with Gasteiger partial charge in [-0.3, -0.25) is 14.4 Å². The fourth-order valence-electron chi connectivity index (χ4n) is 2.90. The molecule has 1 aliphatic heterocycles. The van der Waals surface area contributed by atoms with E-state index in [-0.39, 0.29) is 30.8 Å². The summed E-state index contributed by atoms with van der Waals surface area (Å²) < 4.78 is 22.3. The van der Waals surface area contributed by atoms with Crippen molar-refractivity contribution in [1.82, 2.24) is 5.06 Å². The number of hydrogen-bond acceptors (Lipinski definition) is 8. The third-order valence-corrected chi connectivity index (χ3v) is 6.43. The summed E-state index contributed by atoms with van der Waals surface area (Å²) in [5.74, 6) is 0.926. The van der Waals surface area contributed by atoms with Crippen LogP contribution >= 0.6 is 8.15 Å². The average molecular weight is 542 g/mol. The summed E-state index contributed by atoms with van der Waals surface area (Å²) in [6, 6.07) is 7.92. The number of hydroxylamine groups is 2. The van der Waals surface area contributed by atoms with Crippen molar-refractivity contribution < 1.29 is 38.0 Å². The summed E-state index contributed by atoms with van der Waals surface area (Å²) in [5, 5.41) is 0.479. The SMILES string of the molecule is C=C(Oc1ccc(COC)cc1)C(C)CCC(C)(C)OCP(C)OC.CC.O=CON1C(=O)CCC1=O. The van der Waals surface area contributed by atoms with Crippen molar-refractivity contribution in [3.63, 3.8) is 0 Å². The first-order valence-corrected chi connectivity index (χ1v) is 14.2. The van der Waals surface area contributed by atoms with Crippen LogP contribution in [-0.4, -0.2) is 56.2 Å². The summed E-state index contributed by atoms with van der Waals surface area (Å²) in [6.45, 7) is 17.2. The molecule has 37 heavy (non-hydrogen) atoms. The maximum atomic E-state index is 10.6. The highest BCUT2D eigenvalue weighted by Crippen LogP contribution is 2.34. The Kier molecular flexibility index (Phi) is 17.7. The van der Waals surface area contributed by atoms with Crippen LogP contribution in [0.3, 0.4) is 0 Å². The van der Waals surface area contributed by atoms with E-state index < -0.39 is 20.0 Å². The van der Waals surface area contributed by atoms with E-state index in [9.17, 15) is 14.4 Å². The monoisotopic (exact) mass is 541 g/mol. The van der Waals surface area contributed by atoms with E-state index in [1.165, 1.54) is 0 Å². The van der Waals surface area contributed by atoms with Gasteiger partial charge < -0.3 is 23.6 Å². The molecular formula is C27H44NO8P. The first kappa shape index (κ1) is 34.7. The molecule has 2 unspecified atom stereocenters. The molecule has 0 aromatic heterocycles. The van der Waals surface area contributed by atoms with E-state index in [1.54, 1.807) is 14.2 Å². The third kappa shape index (κ3) is 14.3. The van der Waals surface area contributed by atoms with Crippen LogP contribution in [0.5, 0.6) is 5.75 Å². The highest BCUT2D eigenvalue weighted by atomic mass is 31.1. The quantitative estimate of drug-likeness (QED) is 0.126. The first-order chi connectivity index (χ1) is 17.5. The molecule has 0 aliphatic carbocycles. The van der Waals surface area contributed by atoms with Gasteiger partial charge in [-0.15, -0.1) is 5.06 Å². The molecule has 1 aromatic carbocycles. The zero-order valence-electron chi connectivity index (χ0n) is 23.6. The zero-order valence-corrected chi connectivity index (χ0v) is 24.5. The molecule has 1 aromatic rings. The lowest BCUT2D eigenvalue weighted by Crippen LogP contribution is -2.28. The maximum Gasteiger partial charge on any atom is 0.321 e. The number of carbonyl (C=O) groups is 3. The van der Waals surface area contributed by atoms with Crippen molar-refractivity contribution in [3.8, 4) is 5.75 Å². The first-order valence-electron chi connectivity index (χ1n) is 12.3. The zero-order chi connectivity index (χ0) is 28.4. The van der Waals surface area contributed by atoms with E-state index >= 15 is 0 Å². The van der Waals surface area contributed by atoms with Gasteiger partial charge in [-0.25, -0.2) is 0 Å². The Hall–Kier alpha value is -2.32. The van der Waals surface area contributed by atoms with Gasteiger partial charge in [0.2, 0.25) is 0 Å². The van der Waals surface area contributed by atoms with Crippen molar-refractivity contribution in [3.05, 3.63) is 42.2 Å². The number of nitrogens with zero attached hydrogens (tertiary/aromatic N) is 1. The van der Waals surface area contributed by atoms with Crippen LogP contribution in [0, 0.1) is 5.92 Å². The normalized spacial score (nSPS) is 14.5. The third-order valence-electron chi connectivity index (χ3n) is 5.32. The Balaban J connectivity index is 0.000000894. The smallest absolute Gasteiger partial charge is 0.321 e. The second-order valence-corrected chi connectivity index (χ2v) is 10.6. The maximum absolute atomic E-state index is 10.6. The van der Waals surface area contributed by atoms with Crippen molar-refractivity contribution in [1.29, 1.82) is 0 Å². The van der Waals surface area contributed by atoms with Gasteiger partial charge >= 0.3 is 6.47 Å². The molecule has 1 fully saturated rings. The number of allylic oxidation sites excluding steroid dienone is 1. The Morgan fingerprint density at radius 3 is 2.19 bits per heavy atom. The Labute approximate surface area is 223 Å². The van der Waals surface area contributed by atoms with Crippen molar-refractivity contribution >= 4 is 26.4 Å². The number of methoxy groups -OCH3 is 1. The van der Waals surface area contributed by atoms with Gasteiger partial charge in [-0.2, -0.15) is 0 Å². The number of ether oxygens (including phenoxy) is 3. The van der Waals surface area contributed by atoms with Gasteiger partial charge in [0.05, 0.1) is 32.5 Å². The van der Waals surface area contributed by atoms with E-state index in [0.717, 1.165) is 29.9 Å². The molecule has 2 atom stereocenters. The predicted molar refractivity (Wildman–Crippen MR) is 145 cm³/mol. The van der Waals surface area contributed by atoms with Crippen molar-refractivity contribution in [2.45, 2.75) is 72.5 Å². The minimum absolute atomic E-state index is 0.0567. The van der Waals surface area contributed by atoms with Gasteiger partial charge in [-0.1, -0.05) is 39.5 Å². The van der Waals surface area contributed by atoms with Crippen LogP contribution in [-0.2, 0) is 39.8 Å². The molecule has 2 amide bonds. The topological polar surface area (TPSA) is 101 Å². The molecule has 0 radical (unpaired) electrons. The molecule has 1 aliphatic rings. The van der Waals surface area contributed by atoms with Gasteiger partial charge in [-0.05, 0) is 51.1 Å². The minimum Gasteiger partial charge on any atom is -0.462 e. The fourth-order valence-corrected chi connectivity index (χ4v) is 3.54. The summed E-state index contributed by atoms with van der Waals surface area (Å²) in [5.41, 5.74) is 0.949. The van der Waals surface area contributed by atoms with Crippen LogP contribution in [0.25, 0.3) is 0 Å². The molecule has 9 nitrogen and oxygen atoms in total. The van der Waals surface area contributed by atoms with E-state index in [0.29, 0.717) is 18.0 Å². The lowest BCUT2D eigenvalue weighted by Gasteiger charge is -2.28. The molecule has 0 N–H and O–H groups in total. The van der Waals surface area contributed by atoms with Crippen LogP contribution in [0.2, 0.25) is 0 Å². The lowest BCUT2D eigenvalue weighted by atomic mass is 9.95. The summed E-state index contributed by atoms with van der Waals surface area (Å²) >= 11 is 0. The second-order valence-electron chi connectivity index (χ2n) is 8.71. The second kappa shape index (κ2) is 18.9. The summed E-state index contributed by atoms with van der Waals surface area (Å²) in [6.07, 6.45) is 2.83. The molecule has 0 spiro atoms. The fraction of sp³-hybridized carbons (Fsp3) is 0.593. The van der Waals surface area contributed by atoms with Crippen LogP contribution in [0.1, 0.15) is 65.9 Å². The predicted octanol–water partition coefficient (Wildman–Crippen LogP) is 5.82. The van der Waals surface area contributed by atoms with E-state index in [1.807, 2.05) is 38.1 Å². The van der Waals surface area contributed by atoms with Crippen LogP contribution in [0.15, 0.2) is 36.6 Å². The number of carbonyl (C=O) groups excluding carboxylic acids is 3. The average Bonchev–Trinajstić information content (AvgIpc) is 3.21. The van der Waals surface area contributed by atoms with Crippen molar-refractivity contribution in [2.75, 3.05) is 27.2 Å².